The molecule has 21 heavy (non-hydrogen) atoms. The van der Waals surface area contributed by atoms with Crippen LogP contribution in [0, 0.1) is 6.92 Å². The zero-order chi connectivity index (χ0) is 15.6. The van der Waals surface area contributed by atoms with Crippen molar-refractivity contribution in [2.75, 3.05) is 7.11 Å². The summed E-state index contributed by atoms with van der Waals surface area (Å²) in [4.78, 5) is 34.6. The smallest absolute Gasteiger partial charge is 0.335 e. The molecule has 1 aromatic heterocycles. The third-order valence-electron chi connectivity index (χ3n) is 3.09. The molecule has 2 N–H and O–H groups in total. The first-order chi connectivity index (χ1) is 9.93. The van der Waals surface area contributed by atoms with Gasteiger partial charge in [-0.15, -0.1) is 0 Å². The molecule has 0 saturated heterocycles. The normalized spacial score (nSPS) is 10.4. The largest absolute Gasteiger partial charge is 0.478 e. The van der Waals surface area contributed by atoms with Crippen LogP contribution in [0.5, 0.6) is 0 Å². The molecule has 0 aliphatic rings. The van der Waals surface area contributed by atoms with E-state index >= 15 is 0 Å². The fourth-order valence-corrected chi connectivity index (χ4v) is 1.97. The first kappa shape index (κ1) is 14.6. The van der Waals surface area contributed by atoms with E-state index in [1.54, 1.807) is 19.1 Å². The summed E-state index contributed by atoms with van der Waals surface area (Å²) in [5, 5.41) is 11.8. The van der Waals surface area contributed by atoms with Crippen LogP contribution in [0.2, 0.25) is 0 Å². The number of carbonyl (C=O) groups is 2. The Morgan fingerprint density at radius 3 is 2.71 bits per heavy atom. The van der Waals surface area contributed by atoms with E-state index < -0.39 is 17.5 Å². The summed E-state index contributed by atoms with van der Waals surface area (Å²) < 4.78 is 5.76. The lowest BCUT2D eigenvalue weighted by molar-refractivity contribution is -0.139. The van der Waals surface area contributed by atoms with Gasteiger partial charge in [-0.1, -0.05) is 6.07 Å². The molecule has 0 unspecified atom stereocenters. The first-order valence-corrected chi connectivity index (χ1v) is 6.15. The van der Waals surface area contributed by atoms with E-state index in [4.69, 9.17) is 5.11 Å². The molecule has 0 aliphatic carbocycles. The molecule has 0 fully saturated rings. The van der Waals surface area contributed by atoms with E-state index in [0.29, 0.717) is 16.9 Å². The molecule has 0 atom stereocenters. The molecule has 0 radical (unpaired) electrons. The number of aryl methyl sites for hydroxylation is 1. The predicted octanol–water partition coefficient (Wildman–Crippen LogP) is 0.888. The summed E-state index contributed by atoms with van der Waals surface area (Å²) in [5.41, 5.74) is 0.884. The number of rotatable bonds is 4. The van der Waals surface area contributed by atoms with Gasteiger partial charge >= 0.3 is 11.9 Å². The van der Waals surface area contributed by atoms with Gasteiger partial charge in [0.25, 0.3) is 5.56 Å². The summed E-state index contributed by atoms with van der Waals surface area (Å²) in [6.07, 6.45) is -0.136. The number of carboxylic acid groups (broad SMARTS) is 1. The van der Waals surface area contributed by atoms with Gasteiger partial charge in [0.2, 0.25) is 0 Å². The highest BCUT2D eigenvalue weighted by atomic mass is 16.5. The van der Waals surface area contributed by atoms with E-state index in [1.807, 2.05) is 0 Å². The maximum atomic E-state index is 12.3. The van der Waals surface area contributed by atoms with Crippen LogP contribution < -0.4 is 5.56 Å². The Morgan fingerprint density at radius 1 is 1.38 bits per heavy atom. The van der Waals surface area contributed by atoms with Gasteiger partial charge in [0.15, 0.2) is 0 Å². The van der Waals surface area contributed by atoms with Gasteiger partial charge in [-0.05, 0) is 25.1 Å². The maximum absolute atomic E-state index is 12.3. The number of H-pyrrole nitrogens is 1. The van der Waals surface area contributed by atoms with Crippen molar-refractivity contribution in [2.24, 2.45) is 0 Å². The minimum absolute atomic E-state index is 0.0705. The quantitative estimate of drug-likeness (QED) is 0.814. The summed E-state index contributed by atoms with van der Waals surface area (Å²) in [7, 11) is 1.25. The highest BCUT2D eigenvalue weighted by Gasteiger charge is 2.16. The Morgan fingerprint density at radius 2 is 2.10 bits per heavy atom. The molecular formula is C14H14N2O5. The fraction of sp³-hybridized carbons (Fsp3) is 0.214. The van der Waals surface area contributed by atoms with Gasteiger partial charge in [-0.2, -0.15) is 0 Å². The minimum Gasteiger partial charge on any atom is -0.478 e. The van der Waals surface area contributed by atoms with Crippen LogP contribution in [0.1, 0.15) is 21.6 Å². The topological polar surface area (TPSA) is 101 Å². The number of nitrogens with one attached hydrogen (secondary N) is 1. The fourth-order valence-electron chi connectivity index (χ4n) is 1.97. The van der Waals surface area contributed by atoms with E-state index in [9.17, 15) is 14.4 Å². The molecule has 0 spiro atoms. The van der Waals surface area contributed by atoms with E-state index in [-0.39, 0.29) is 12.0 Å². The number of ether oxygens (including phenoxy) is 1. The zero-order valence-corrected chi connectivity index (χ0v) is 11.5. The van der Waals surface area contributed by atoms with Crippen LogP contribution in [-0.2, 0) is 16.0 Å². The van der Waals surface area contributed by atoms with Crippen molar-refractivity contribution in [3.63, 3.8) is 0 Å². The van der Waals surface area contributed by atoms with Crippen molar-refractivity contribution in [2.45, 2.75) is 13.3 Å². The van der Waals surface area contributed by atoms with Gasteiger partial charge in [0, 0.05) is 5.69 Å². The lowest BCUT2D eigenvalue weighted by Gasteiger charge is -2.02. The molecule has 2 aromatic rings. The Balaban J connectivity index is 2.49. The van der Waals surface area contributed by atoms with Crippen molar-refractivity contribution < 1.29 is 19.4 Å². The number of esters is 1. The van der Waals surface area contributed by atoms with Gasteiger partial charge in [-0.3, -0.25) is 14.7 Å². The maximum Gasteiger partial charge on any atom is 0.335 e. The number of carbonyl (C=O) groups excluding carboxylic acids is 1. The standard InChI is InChI=1S/C14H14N2O5/c1-8-11(7-12(17)21-2)13(18)16(15-8)10-5-3-4-9(6-10)14(19)20/h3-6,15H,7H2,1-2H3,(H,19,20). The van der Waals surface area contributed by atoms with Gasteiger partial charge in [-0.25, -0.2) is 9.48 Å². The predicted molar refractivity (Wildman–Crippen MR) is 73.8 cm³/mol. The summed E-state index contributed by atoms with van der Waals surface area (Å²) in [6.45, 7) is 1.66. The number of benzene rings is 1. The van der Waals surface area contributed by atoms with Crippen molar-refractivity contribution in [1.82, 2.24) is 9.78 Å². The van der Waals surface area contributed by atoms with Gasteiger partial charge in [0.1, 0.15) is 0 Å². The molecule has 1 aromatic carbocycles. The van der Waals surface area contributed by atoms with E-state index in [2.05, 4.69) is 9.84 Å². The molecule has 110 valence electrons. The lowest BCUT2D eigenvalue weighted by Crippen LogP contribution is -2.20. The van der Waals surface area contributed by atoms with Crippen LogP contribution in [0.25, 0.3) is 5.69 Å². The molecule has 0 saturated carbocycles. The van der Waals surface area contributed by atoms with E-state index in [1.165, 1.54) is 23.9 Å². The zero-order valence-electron chi connectivity index (χ0n) is 11.5. The molecule has 0 bridgehead atoms. The van der Waals surface area contributed by atoms with Crippen molar-refractivity contribution in [3.8, 4) is 5.69 Å². The summed E-state index contributed by atoms with van der Waals surface area (Å²) in [5.74, 6) is -1.59. The molecule has 7 heteroatoms. The van der Waals surface area contributed by atoms with Crippen LogP contribution in [0.4, 0.5) is 0 Å². The highest BCUT2D eigenvalue weighted by molar-refractivity contribution is 5.88. The summed E-state index contributed by atoms with van der Waals surface area (Å²) >= 11 is 0. The second kappa shape index (κ2) is 5.66. The van der Waals surface area contributed by atoms with Crippen molar-refractivity contribution in [1.29, 1.82) is 0 Å². The van der Waals surface area contributed by atoms with Crippen LogP contribution >= 0.6 is 0 Å². The minimum atomic E-state index is -1.08. The molecule has 7 nitrogen and oxygen atoms in total. The van der Waals surface area contributed by atoms with Gasteiger partial charge in [0.05, 0.1) is 30.3 Å². The second-order valence-electron chi connectivity index (χ2n) is 4.46. The van der Waals surface area contributed by atoms with Crippen molar-refractivity contribution in [3.05, 3.63) is 51.4 Å². The Hall–Kier alpha value is -2.83. The molecule has 1 heterocycles. The Labute approximate surface area is 119 Å². The number of aromatic nitrogens is 2. The molecule has 0 amide bonds. The van der Waals surface area contributed by atoms with Crippen molar-refractivity contribution >= 4 is 11.9 Å². The number of aromatic amines is 1. The number of hydrogen-bond acceptors (Lipinski definition) is 4. The lowest BCUT2D eigenvalue weighted by atomic mass is 10.2. The third-order valence-corrected chi connectivity index (χ3v) is 3.09. The molecular weight excluding hydrogens is 276 g/mol. The summed E-state index contributed by atoms with van der Waals surface area (Å²) in [6, 6.07) is 5.96. The van der Waals surface area contributed by atoms with Crippen LogP contribution in [-0.4, -0.2) is 33.9 Å². The van der Waals surface area contributed by atoms with Gasteiger partial charge < -0.3 is 9.84 Å². The average Bonchev–Trinajstić information content (AvgIpc) is 2.75. The second-order valence-corrected chi connectivity index (χ2v) is 4.46. The number of methoxy groups -OCH3 is 1. The Kier molecular flexibility index (Phi) is 3.93. The van der Waals surface area contributed by atoms with E-state index in [0.717, 1.165) is 0 Å². The Bertz CT molecular complexity index is 757. The number of nitrogens with zero attached hydrogens (tertiary/aromatic N) is 1. The number of carboxylic acids is 1. The molecule has 0 aliphatic heterocycles. The third kappa shape index (κ3) is 2.86. The first-order valence-electron chi connectivity index (χ1n) is 6.15. The van der Waals surface area contributed by atoms with Crippen LogP contribution in [0.3, 0.4) is 0 Å². The number of hydrogen-bond donors (Lipinski definition) is 2. The molecule has 2 rings (SSSR count). The average molecular weight is 290 g/mol. The van der Waals surface area contributed by atoms with Crippen LogP contribution in [0.15, 0.2) is 29.1 Å². The highest BCUT2D eigenvalue weighted by Crippen LogP contribution is 2.11. The number of aromatic carboxylic acids is 1. The SMILES string of the molecule is COC(=O)Cc1c(C)[nH]n(-c2cccc(C(=O)O)c2)c1=O. The monoisotopic (exact) mass is 290 g/mol.